The highest BCUT2D eigenvalue weighted by atomic mass is 16.1. The molecule has 0 fully saturated rings. The zero-order chi connectivity index (χ0) is 11.0. The number of Topliss-reactive ketones (excluding diaryl/α,β-unsaturated/α-hetero) is 1. The van der Waals surface area contributed by atoms with Crippen molar-refractivity contribution in [2.75, 3.05) is 0 Å². The summed E-state index contributed by atoms with van der Waals surface area (Å²) in [6.45, 7) is 5.63. The van der Waals surface area contributed by atoms with Gasteiger partial charge in [-0.25, -0.2) is 9.67 Å². The van der Waals surface area contributed by atoms with Gasteiger partial charge in [0.05, 0.1) is 6.20 Å². The lowest BCUT2D eigenvalue weighted by Crippen LogP contribution is -2.03. The Bertz CT molecular complexity index is 514. The lowest BCUT2D eigenvalue weighted by atomic mass is 10.2. The van der Waals surface area contributed by atoms with Crippen LogP contribution in [-0.4, -0.2) is 20.5 Å². The van der Waals surface area contributed by atoms with Crippen molar-refractivity contribution in [1.82, 2.24) is 14.8 Å². The summed E-state index contributed by atoms with van der Waals surface area (Å²) < 4.78 is 1.85. The number of rotatable bonds is 2. The zero-order valence-electron chi connectivity index (χ0n) is 9.06. The van der Waals surface area contributed by atoms with E-state index in [1.807, 2.05) is 24.6 Å². The quantitative estimate of drug-likeness (QED) is 0.703. The number of hydrogen-bond donors (Lipinski definition) is 0. The van der Waals surface area contributed by atoms with Gasteiger partial charge in [0.2, 0.25) is 0 Å². The standard InChI is InChI=1S/C11H13N3O/c1-7(2)14-11-10(6-13-14)4-9(5-12-11)8(3)15/h4-7H,1-3H3. The van der Waals surface area contributed by atoms with Crippen LogP contribution in [-0.2, 0) is 0 Å². The minimum Gasteiger partial charge on any atom is -0.294 e. The van der Waals surface area contributed by atoms with E-state index in [9.17, 15) is 4.79 Å². The van der Waals surface area contributed by atoms with Crippen LogP contribution in [0.5, 0.6) is 0 Å². The van der Waals surface area contributed by atoms with Crippen LogP contribution in [0.25, 0.3) is 11.0 Å². The van der Waals surface area contributed by atoms with Crippen molar-refractivity contribution < 1.29 is 4.79 Å². The molecule has 4 heteroatoms. The summed E-state index contributed by atoms with van der Waals surface area (Å²) in [7, 11) is 0. The SMILES string of the molecule is CC(=O)c1cnc2c(cnn2C(C)C)c1. The Morgan fingerprint density at radius 2 is 2.13 bits per heavy atom. The fourth-order valence-electron chi connectivity index (χ4n) is 1.51. The Labute approximate surface area is 87.9 Å². The summed E-state index contributed by atoms with van der Waals surface area (Å²) >= 11 is 0. The Morgan fingerprint density at radius 3 is 2.73 bits per heavy atom. The van der Waals surface area contributed by atoms with Crippen LogP contribution in [0, 0.1) is 0 Å². The van der Waals surface area contributed by atoms with Crippen LogP contribution in [0.4, 0.5) is 0 Å². The number of aromatic nitrogens is 3. The first-order chi connectivity index (χ1) is 7.09. The molecule has 0 saturated carbocycles. The number of fused-ring (bicyclic) bond motifs is 1. The van der Waals surface area contributed by atoms with Gasteiger partial charge >= 0.3 is 0 Å². The summed E-state index contributed by atoms with van der Waals surface area (Å²) in [5.41, 5.74) is 1.46. The van der Waals surface area contributed by atoms with Gasteiger partial charge in [-0.2, -0.15) is 5.10 Å². The number of hydrogen-bond acceptors (Lipinski definition) is 3. The summed E-state index contributed by atoms with van der Waals surface area (Å²) in [4.78, 5) is 15.4. The molecule has 0 aliphatic rings. The second kappa shape index (κ2) is 3.46. The van der Waals surface area contributed by atoms with Crippen LogP contribution in [0.3, 0.4) is 0 Å². The van der Waals surface area contributed by atoms with E-state index in [0.717, 1.165) is 11.0 Å². The van der Waals surface area contributed by atoms with E-state index < -0.39 is 0 Å². The minimum absolute atomic E-state index is 0.0293. The molecular weight excluding hydrogens is 190 g/mol. The highest BCUT2D eigenvalue weighted by molar-refractivity contribution is 5.96. The maximum absolute atomic E-state index is 11.2. The van der Waals surface area contributed by atoms with Gasteiger partial charge in [-0.15, -0.1) is 0 Å². The number of nitrogens with zero attached hydrogens (tertiary/aromatic N) is 3. The Balaban J connectivity index is 2.61. The monoisotopic (exact) mass is 203 g/mol. The number of pyridine rings is 1. The maximum Gasteiger partial charge on any atom is 0.161 e. The van der Waals surface area contributed by atoms with E-state index in [0.29, 0.717) is 5.56 Å². The predicted molar refractivity (Wildman–Crippen MR) is 57.9 cm³/mol. The molecule has 0 bridgehead atoms. The van der Waals surface area contributed by atoms with Gasteiger partial charge in [-0.3, -0.25) is 4.79 Å². The first kappa shape index (κ1) is 9.83. The summed E-state index contributed by atoms with van der Waals surface area (Å²) in [5, 5.41) is 5.15. The lowest BCUT2D eigenvalue weighted by molar-refractivity contribution is 0.101. The smallest absolute Gasteiger partial charge is 0.161 e. The molecule has 0 N–H and O–H groups in total. The molecule has 2 aromatic heterocycles. The molecule has 0 spiro atoms. The second-order valence-corrected chi connectivity index (χ2v) is 3.88. The molecule has 15 heavy (non-hydrogen) atoms. The number of carbonyl (C=O) groups is 1. The molecule has 0 atom stereocenters. The molecule has 78 valence electrons. The van der Waals surface area contributed by atoms with Crippen molar-refractivity contribution in [2.24, 2.45) is 0 Å². The predicted octanol–water partition coefficient (Wildman–Crippen LogP) is 2.21. The third kappa shape index (κ3) is 1.63. The zero-order valence-corrected chi connectivity index (χ0v) is 9.06. The van der Waals surface area contributed by atoms with Gasteiger partial charge in [-0.1, -0.05) is 0 Å². The van der Waals surface area contributed by atoms with Crippen LogP contribution < -0.4 is 0 Å². The van der Waals surface area contributed by atoms with Crippen molar-refractivity contribution in [3.8, 4) is 0 Å². The molecule has 0 radical (unpaired) electrons. The molecule has 0 amide bonds. The summed E-state index contributed by atoms with van der Waals surface area (Å²) in [6, 6.07) is 2.11. The fraction of sp³-hybridized carbons (Fsp3) is 0.364. The Hall–Kier alpha value is -1.71. The Kier molecular flexibility index (Phi) is 2.26. The van der Waals surface area contributed by atoms with Gasteiger partial charge in [0.1, 0.15) is 0 Å². The van der Waals surface area contributed by atoms with Crippen molar-refractivity contribution in [3.63, 3.8) is 0 Å². The molecule has 2 aromatic rings. The van der Waals surface area contributed by atoms with Crippen molar-refractivity contribution in [2.45, 2.75) is 26.8 Å². The van der Waals surface area contributed by atoms with Gasteiger partial charge in [0, 0.05) is 23.2 Å². The van der Waals surface area contributed by atoms with Gasteiger partial charge in [-0.05, 0) is 26.8 Å². The average Bonchev–Trinajstić information content (AvgIpc) is 2.59. The molecule has 0 aromatic carbocycles. The fourth-order valence-corrected chi connectivity index (χ4v) is 1.51. The summed E-state index contributed by atoms with van der Waals surface area (Å²) in [6.07, 6.45) is 3.35. The molecule has 0 unspecified atom stereocenters. The molecule has 0 saturated heterocycles. The van der Waals surface area contributed by atoms with E-state index in [-0.39, 0.29) is 11.8 Å². The van der Waals surface area contributed by atoms with E-state index in [1.165, 1.54) is 6.92 Å². The van der Waals surface area contributed by atoms with E-state index in [1.54, 1.807) is 12.4 Å². The third-order valence-electron chi connectivity index (χ3n) is 2.33. The van der Waals surface area contributed by atoms with E-state index in [2.05, 4.69) is 10.1 Å². The molecule has 0 aliphatic carbocycles. The first-order valence-corrected chi connectivity index (χ1v) is 4.94. The number of carbonyl (C=O) groups excluding carboxylic acids is 1. The molecule has 2 heterocycles. The largest absolute Gasteiger partial charge is 0.294 e. The molecule has 2 rings (SSSR count). The topological polar surface area (TPSA) is 47.8 Å². The van der Waals surface area contributed by atoms with Gasteiger partial charge < -0.3 is 0 Å². The van der Waals surface area contributed by atoms with Crippen molar-refractivity contribution >= 4 is 16.8 Å². The van der Waals surface area contributed by atoms with Crippen LogP contribution >= 0.6 is 0 Å². The van der Waals surface area contributed by atoms with Gasteiger partial charge in [0.15, 0.2) is 11.4 Å². The summed E-state index contributed by atoms with van der Waals surface area (Å²) in [5.74, 6) is 0.0293. The van der Waals surface area contributed by atoms with Crippen LogP contribution in [0.2, 0.25) is 0 Å². The third-order valence-corrected chi connectivity index (χ3v) is 2.33. The van der Waals surface area contributed by atoms with Crippen molar-refractivity contribution in [1.29, 1.82) is 0 Å². The first-order valence-electron chi connectivity index (χ1n) is 4.94. The highest BCUT2D eigenvalue weighted by Gasteiger charge is 2.08. The Morgan fingerprint density at radius 1 is 1.40 bits per heavy atom. The lowest BCUT2D eigenvalue weighted by Gasteiger charge is -2.05. The molecule has 4 nitrogen and oxygen atoms in total. The van der Waals surface area contributed by atoms with E-state index >= 15 is 0 Å². The van der Waals surface area contributed by atoms with Gasteiger partial charge in [0.25, 0.3) is 0 Å². The average molecular weight is 203 g/mol. The van der Waals surface area contributed by atoms with E-state index in [4.69, 9.17) is 0 Å². The normalized spacial score (nSPS) is 11.2. The molecular formula is C11H13N3O. The minimum atomic E-state index is 0.0293. The number of ketones is 1. The van der Waals surface area contributed by atoms with Crippen molar-refractivity contribution in [3.05, 3.63) is 24.0 Å². The highest BCUT2D eigenvalue weighted by Crippen LogP contribution is 2.16. The molecule has 0 aliphatic heterocycles. The van der Waals surface area contributed by atoms with Crippen LogP contribution in [0.1, 0.15) is 37.2 Å². The maximum atomic E-state index is 11.2. The van der Waals surface area contributed by atoms with Crippen LogP contribution in [0.15, 0.2) is 18.5 Å². The second-order valence-electron chi connectivity index (χ2n) is 3.88.